The van der Waals surface area contributed by atoms with Crippen molar-refractivity contribution in [3.63, 3.8) is 0 Å². The van der Waals surface area contributed by atoms with Crippen LogP contribution in [0.1, 0.15) is 26.7 Å². The molecule has 0 aromatic heterocycles. The van der Waals surface area contributed by atoms with Gasteiger partial charge in [-0.3, -0.25) is 4.79 Å². The summed E-state index contributed by atoms with van der Waals surface area (Å²) in [5, 5.41) is 8.01. The van der Waals surface area contributed by atoms with Crippen molar-refractivity contribution < 1.29 is 27.8 Å². The molecular weight excluding hydrogens is 308 g/mol. The van der Waals surface area contributed by atoms with Crippen LogP contribution >= 0.6 is 0 Å². The number of hydrogen-bond donors (Lipinski definition) is 1. The Balaban J connectivity index is 3.26. The van der Waals surface area contributed by atoms with Gasteiger partial charge in [-0.15, -0.1) is 0 Å². The number of hydrogen-bond acceptors (Lipinski definition) is 5. The molecule has 0 bridgehead atoms. The van der Waals surface area contributed by atoms with Crippen LogP contribution < -0.4 is 9.47 Å². The molecule has 0 saturated carbocycles. The predicted molar refractivity (Wildman–Crippen MR) is 82.2 cm³/mol. The molecule has 6 nitrogen and oxygen atoms in total. The number of benzene rings is 1. The topological polar surface area (TPSA) is 89.9 Å². The average Bonchev–Trinajstić information content (AvgIpc) is 2.44. The Morgan fingerprint density at radius 1 is 1.18 bits per heavy atom. The van der Waals surface area contributed by atoms with Crippen molar-refractivity contribution in [1.29, 1.82) is 0 Å². The van der Waals surface area contributed by atoms with Gasteiger partial charge in [0.05, 0.1) is 30.8 Å². The maximum atomic E-state index is 12.7. The van der Waals surface area contributed by atoms with Crippen LogP contribution in [0.25, 0.3) is 0 Å². The molecule has 1 N–H and O–H groups in total. The minimum absolute atomic E-state index is 0.0389. The number of methoxy groups -OCH3 is 2. The van der Waals surface area contributed by atoms with Gasteiger partial charge in [0.2, 0.25) is 0 Å². The molecule has 22 heavy (non-hydrogen) atoms. The molecule has 0 aliphatic heterocycles. The molecule has 0 aliphatic rings. The van der Waals surface area contributed by atoms with Gasteiger partial charge in [-0.25, -0.2) is 8.42 Å². The van der Waals surface area contributed by atoms with Crippen molar-refractivity contribution in [2.75, 3.05) is 14.2 Å². The smallest absolute Gasteiger partial charge is 0.304 e. The molecule has 1 rings (SSSR count). The van der Waals surface area contributed by atoms with E-state index in [4.69, 9.17) is 14.6 Å². The van der Waals surface area contributed by atoms with E-state index in [1.165, 1.54) is 32.4 Å². The van der Waals surface area contributed by atoms with Gasteiger partial charge in [0.15, 0.2) is 21.3 Å². The highest BCUT2D eigenvalue weighted by atomic mass is 32.2. The molecule has 7 heteroatoms. The second-order valence-corrected chi connectivity index (χ2v) is 7.64. The van der Waals surface area contributed by atoms with Gasteiger partial charge in [-0.2, -0.15) is 0 Å². The van der Waals surface area contributed by atoms with Crippen molar-refractivity contribution in [2.45, 2.75) is 36.8 Å². The summed E-state index contributed by atoms with van der Waals surface area (Å²) in [6.45, 7) is 3.72. The van der Waals surface area contributed by atoms with Gasteiger partial charge in [0, 0.05) is 6.07 Å². The molecule has 0 radical (unpaired) electrons. The summed E-state index contributed by atoms with van der Waals surface area (Å²) in [5.74, 6) is -0.351. The molecule has 1 aromatic rings. The largest absolute Gasteiger partial charge is 0.493 e. The standard InChI is InChI=1S/C15H22O6S/c1-10(2)7-12(9-15(16)17)22(18,19)11-5-6-13(20-3)14(8-11)21-4/h5-6,8,10,12H,7,9H2,1-4H3,(H,16,17). The fourth-order valence-corrected chi connectivity index (χ4v) is 4.14. The lowest BCUT2D eigenvalue weighted by atomic mass is 10.1. The third-order valence-corrected chi connectivity index (χ3v) is 5.41. The SMILES string of the molecule is COc1ccc(S(=O)(=O)C(CC(=O)O)CC(C)C)cc1OC. The highest BCUT2D eigenvalue weighted by Crippen LogP contribution is 2.32. The highest BCUT2D eigenvalue weighted by Gasteiger charge is 2.31. The first kappa shape index (κ1) is 18.3. The highest BCUT2D eigenvalue weighted by molar-refractivity contribution is 7.92. The third kappa shape index (κ3) is 4.37. The van der Waals surface area contributed by atoms with E-state index in [9.17, 15) is 13.2 Å². The zero-order valence-corrected chi connectivity index (χ0v) is 14.0. The zero-order chi connectivity index (χ0) is 16.9. The normalized spacial score (nSPS) is 13.0. The van der Waals surface area contributed by atoms with E-state index in [0.717, 1.165) is 0 Å². The number of aliphatic carboxylic acids is 1. The summed E-state index contributed by atoms with van der Waals surface area (Å²) in [6.07, 6.45) is -0.141. The first-order chi connectivity index (χ1) is 10.2. The van der Waals surface area contributed by atoms with E-state index in [1.54, 1.807) is 0 Å². The van der Waals surface area contributed by atoms with E-state index in [0.29, 0.717) is 11.5 Å². The first-order valence-corrected chi connectivity index (χ1v) is 8.44. The lowest BCUT2D eigenvalue weighted by Gasteiger charge is -2.19. The van der Waals surface area contributed by atoms with Gasteiger partial charge in [-0.1, -0.05) is 13.8 Å². The van der Waals surface area contributed by atoms with Crippen LogP contribution in [-0.2, 0) is 14.6 Å². The third-order valence-electron chi connectivity index (χ3n) is 3.26. The Hall–Kier alpha value is -1.76. The van der Waals surface area contributed by atoms with Gasteiger partial charge in [0.1, 0.15) is 0 Å². The van der Waals surface area contributed by atoms with Crippen LogP contribution in [0.15, 0.2) is 23.1 Å². The quantitative estimate of drug-likeness (QED) is 0.787. The van der Waals surface area contributed by atoms with Crippen LogP contribution in [-0.4, -0.2) is 39.0 Å². The lowest BCUT2D eigenvalue weighted by Crippen LogP contribution is -2.26. The van der Waals surface area contributed by atoms with Gasteiger partial charge < -0.3 is 14.6 Å². The minimum Gasteiger partial charge on any atom is -0.493 e. The van der Waals surface area contributed by atoms with Gasteiger partial charge >= 0.3 is 5.97 Å². The zero-order valence-electron chi connectivity index (χ0n) is 13.2. The molecule has 124 valence electrons. The Morgan fingerprint density at radius 2 is 1.77 bits per heavy atom. The molecule has 1 aromatic carbocycles. The number of carboxylic acid groups (broad SMARTS) is 1. The monoisotopic (exact) mass is 330 g/mol. The molecular formula is C15H22O6S. The molecule has 0 heterocycles. The number of carbonyl (C=O) groups is 1. The number of sulfone groups is 1. The van der Waals surface area contributed by atoms with E-state index >= 15 is 0 Å². The summed E-state index contributed by atoms with van der Waals surface area (Å²) in [4.78, 5) is 11.0. The van der Waals surface area contributed by atoms with E-state index in [-0.39, 0.29) is 17.2 Å². The number of carboxylic acids is 1. The molecule has 0 amide bonds. The van der Waals surface area contributed by atoms with E-state index in [2.05, 4.69) is 0 Å². The van der Waals surface area contributed by atoms with Gasteiger partial charge in [-0.05, 0) is 24.5 Å². The van der Waals surface area contributed by atoms with Gasteiger partial charge in [0.25, 0.3) is 0 Å². The van der Waals surface area contributed by atoms with Crippen molar-refractivity contribution in [1.82, 2.24) is 0 Å². The Kier molecular flexibility index (Phi) is 6.22. The minimum atomic E-state index is -3.77. The molecule has 0 fully saturated rings. The predicted octanol–water partition coefficient (Wildman–Crippen LogP) is 2.37. The van der Waals surface area contributed by atoms with Crippen LogP contribution in [0.4, 0.5) is 0 Å². The summed E-state index contributed by atoms with van der Waals surface area (Å²) in [6, 6.07) is 4.27. The summed E-state index contributed by atoms with van der Waals surface area (Å²) >= 11 is 0. The second-order valence-electron chi connectivity index (χ2n) is 5.41. The molecule has 0 saturated heterocycles. The van der Waals surface area contributed by atoms with Crippen LogP contribution in [0, 0.1) is 5.92 Å². The van der Waals surface area contributed by atoms with Crippen LogP contribution in [0.3, 0.4) is 0 Å². The van der Waals surface area contributed by atoms with E-state index in [1.807, 2.05) is 13.8 Å². The average molecular weight is 330 g/mol. The fourth-order valence-electron chi connectivity index (χ4n) is 2.23. The van der Waals surface area contributed by atoms with Crippen LogP contribution in [0.2, 0.25) is 0 Å². The molecule has 1 atom stereocenters. The Morgan fingerprint density at radius 3 is 2.23 bits per heavy atom. The Bertz CT molecular complexity index is 621. The summed E-state index contributed by atoms with van der Waals surface area (Å²) in [7, 11) is -0.895. The maximum absolute atomic E-state index is 12.7. The second kappa shape index (κ2) is 7.49. The fraction of sp³-hybridized carbons (Fsp3) is 0.533. The number of ether oxygens (including phenoxy) is 2. The summed E-state index contributed by atoms with van der Waals surface area (Å²) < 4.78 is 35.6. The number of rotatable bonds is 8. The van der Waals surface area contributed by atoms with Crippen molar-refractivity contribution in [2.24, 2.45) is 5.92 Å². The maximum Gasteiger partial charge on any atom is 0.304 e. The first-order valence-electron chi connectivity index (χ1n) is 6.90. The Labute approximate surface area is 131 Å². The van der Waals surface area contributed by atoms with Crippen LogP contribution in [0.5, 0.6) is 11.5 Å². The van der Waals surface area contributed by atoms with Crippen molar-refractivity contribution in [3.05, 3.63) is 18.2 Å². The van der Waals surface area contributed by atoms with Crippen molar-refractivity contribution >= 4 is 15.8 Å². The van der Waals surface area contributed by atoms with Crippen molar-refractivity contribution in [3.8, 4) is 11.5 Å². The summed E-state index contributed by atoms with van der Waals surface area (Å²) in [5.41, 5.74) is 0. The van der Waals surface area contributed by atoms with E-state index < -0.39 is 27.5 Å². The lowest BCUT2D eigenvalue weighted by molar-refractivity contribution is -0.137. The molecule has 0 spiro atoms. The molecule has 1 unspecified atom stereocenters. The molecule has 0 aliphatic carbocycles.